The van der Waals surface area contributed by atoms with E-state index in [9.17, 15) is 14.4 Å². The van der Waals surface area contributed by atoms with Crippen LogP contribution in [0.5, 0.6) is 0 Å². The highest BCUT2D eigenvalue weighted by atomic mass is 79.9. The maximum atomic E-state index is 14.5. The minimum Gasteiger partial charge on any atom is -0.325 e. The number of carbonyl (C=O) groups excluding carboxylic acids is 3. The van der Waals surface area contributed by atoms with Crippen molar-refractivity contribution in [3.05, 3.63) is 93.5 Å². The second-order valence-corrected chi connectivity index (χ2v) is 11.3. The Morgan fingerprint density at radius 1 is 0.973 bits per heavy atom. The summed E-state index contributed by atoms with van der Waals surface area (Å²) in [6.07, 6.45) is 2.37. The first-order valence-corrected chi connectivity index (χ1v) is 13.7. The second kappa shape index (κ2) is 7.85. The van der Waals surface area contributed by atoms with Gasteiger partial charge in [-0.2, -0.15) is 0 Å². The van der Waals surface area contributed by atoms with Gasteiger partial charge in [0, 0.05) is 33.0 Å². The van der Waals surface area contributed by atoms with Gasteiger partial charge in [-0.15, -0.1) is 0 Å². The number of para-hydroxylation sites is 2. The zero-order valence-corrected chi connectivity index (χ0v) is 22.0. The van der Waals surface area contributed by atoms with E-state index in [2.05, 4.69) is 38.4 Å². The number of halogens is 1. The van der Waals surface area contributed by atoms with Crippen LogP contribution in [0.4, 0.5) is 11.4 Å². The average Bonchev–Trinajstić information content (AvgIpc) is 3.62. The highest BCUT2D eigenvalue weighted by Crippen LogP contribution is 2.68. The van der Waals surface area contributed by atoms with Crippen LogP contribution in [0, 0.1) is 5.92 Å². The fraction of sp³-hybridized carbons (Fsp3) is 0.300. The van der Waals surface area contributed by atoms with Gasteiger partial charge in [0.15, 0.2) is 5.78 Å². The first-order chi connectivity index (χ1) is 18.0. The van der Waals surface area contributed by atoms with Crippen LogP contribution in [-0.2, 0) is 27.0 Å². The predicted molar refractivity (Wildman–Crippen MR) is 145 cm³/mol. The molecular weight excluding hydrogens is 530 g/mol. The molecule has 4 aliphatic heterocycles. The summed E-state index contributed by atoms with van der Waals surface area (Å²) in [5.74, 6) is -1.31. The van der Waals surface area contributed by atoms with Gasteiger partial charge in [0.1, 0.15) is 11.0 Å². The third-order valence-electron chi connectivity index (χ3n) is 9.01. The Morgan fingerprint density at radius 2 is 1.73 bits per heavy atom. The summed E-state index contributed by atoms with van der Waals surface area (Å²) in [5.41, 5.74) is 1.86. The summed E-state index contributed by atoms with van der Waals surface area (Å²) in [6, 6.07) is 20.6. The third kappa shape index (κ3) is 2.61. The first kappa shape index (κ1) is 22.9. The van der Waals surface area contributed by atoms with Gasteiger partial charge in [0.2, 0.25) is 5.91 Å². The molecule has 3 aromatic carbocycles. The molecule has 4 atom stereocenters. The number of nitrogens with one attached hydrogen (secondary N) is 2. The van der Waals surface area contributed by atoms with E-state index in [1.807, 2.05) is 54.6 Å². The van der Waals surface area contributed by atoms with Gasteiger partial charge in [-0.3, -0.25) is 19.3 Å². The van der Waals surface area contributed by atoms with E-state index >= 15 is 0 Å². The molecule has 0 aliphatic carbocycles. The van der Waals surface area contributed by atoms with Gasteiger partial charge in [0.25, 0.3) is 5.91 Å². The van der Waals surface area contributed by atoms with Crippen LogP contribution in [0.25, 0.3) is 0 Å². The summed E-state index contributed by atoms with van der Waals surface area (Å²) < 4.78 is 0.879. The van der Waals surface area contributed by atoms with E-state index in [1.54, 1.807) is 12.1 Å². The van der Waals surface area contributed by atoms with E-state index in [0.29, 0.717) is 17.8 Å². The highest BCUT2D eigenvalue weighted by Gasteiger charge is 2.81. The molecule has 0 unspecified atom stereocenters. The summed E-state index contributed by atoms with van der Waals surface area (Å²) in [7, 11) is 0. The fourth-order valence-electron chi connectivity index (χ4n) is 7.75. The number of nitrogens with zero attached hydrogens (tertiary/aromatic N) is 1. The summed E-state index contributed by atoms with van der Waals surface area (Å²) in [4.78, 5) is 45.7. The molecule has 0 saturated carbocycles. The van der Waals surface area contributed by atoms with Crippen molar-refractivity contribution >= 4 is 44.9 Å². The lowest BCUT2D eigenvalue weighted by atomic mass is 9.57. The number of Topliss-reactive ketones (excluding diaryl/α,β-unsaturated/α-hetero) is 1. The smallest absolute Gasteiger partial charge is 0.251 e. The molecule has 6 nitrogen and oxygen atoms in total. The van der Waals surface area contributed by atoms with E-state index in [4.69, 9.17) is 0 Å². The average molecular weight is 556 g/mol. The number of rotatable bonds is 3. The van der Waals surface area contributed by atoms with Gasteiger partial charge >= 0.3 is 0 Å². The maximum Gasteiger partial charge on any atom is 0.251 e. The molecule has 37 heavy (non-hydrogen) atoms. The largest absolute Gasteiger partial charge is 0.325 e. The molecule has 2 fully saturated rings. The molecule has 186 valence electrons. The number of fused-ring (bicyclic) bond motifs is 7. The minimum atomic E-state index is -1.40. The van der Waals surface area contributed by atoms with Gasteiger partial charge in [-0.1, -0.05) is 71.4 Å². The zero-order valence-electron chi connectivity index (χ0n) is 20.4. The quantitative estimate of drug-likeness (QED) is 0.444. The molecule has 2 spiro atoms. The number of ketones is 1. The molecule has 0 radical (unpaired) electrons. The van der Waals surface area contributed by atoms with E-state index in [-0.39, 0.29) is 23.6 Å². The number of aryl methyl sites for hydroxylation is 1. The van der Waals surface area contributed by atoms with Crippen LogP contribution in [0.3, 0.4) is 0 Å². The van der Waals surface area contributed by atoms with Gasteiger partial charge < -0.3 is 10.6 Å². The summed E-state index contributed by atoms with van der Waals surface area (Å²) >= 11 is 3.47. The molecule has 0 aromatic heterocycles. The zero-order chi connectivity index (χ0) is 25.5. The van der Waals surface area contributed by atoms with Crippen molar-refractivity contribution in [2.75, 3.05) is 17.2 Å². The van der Waals surface area contributed by atoms with E-state index < -0.39 is 16.9 Å². The van der Waals surface area contributed by atoms with Crippen LogP contribution in [0.1, 0.15) is 46.8 Å². The van der Waals surface area contributed by atoms with Gasteiger partial charge in [0.05, 0.1) is 5.92 Å². The Balaban J connectivity index is 1.59. The van der Waals surface area contributed by atoms with Crippen LogP contribution in [-0.4, -0.2) is 35.1 Å². The highest BCUT2D eigenvalue weighted by molar-refractivity contribution is 9.10. The number of amides is 2. The Hall–Kier alpha value is -3.29. The van der Waals surface area contributed by atoms with Crippen LogP contribution in [0.2, 0.25) is 0 Å². The molecule has 2 amide bonds. The number of carbonyl (C=O) groups is 3. The Kier molecular flexibility index (Phi) is 4.86. The third-order valence-corrected chi connectivity index (χ3v) is 9.54. The monoisotopic (exact) mass is 555 g/mol. The van der Waals surface area contributed by atoms with Crippen molar-refractivity contribution in [2.45, 2.75) is 43.2 Å². The Morgan fingerprint density at radius 3 is 2.51 bits per heavy atom. The van der Waals surface area contributed by atoms with Gasteiger partial charge in [-0.25, -0.2) is 0 Å². The fourth-order valence-corrected chi connectivity index (χ4v) is 8.02. The van der Waals surface area contributed by atoms with Crippen LogP contribution in [0.15, 0.2) is 71.2 Å². The van der Waals surface area contributed by atoms with Crippen molar-refractivity contribution < 1.29 is 14.4 Å². The summed E-state index contributed by atoms with van der Waals surface area (Å²) in [6.45, 7) is 2.71. The lowest BCUT2D eigenvalue weighted by molar-refractivity contribution is -0.137. The molecule has 7 rings (SSSR count). The Bertz CT molecular complexity index is 1500. The first-order valence-electron chi connectivity index (χ1n) is 12.9. The normalized spacial score (nSPS) is 29.4. The molecule has 2 saturated heterocycles. The van der Waals surface area contributed by atoms with Gasteiger partial charge in [-0.05, 0) is 55.1 Å². The lowest BCUT2D eigenvalue weighted by Gasteiger charge is -2.43. The minimum absolute atomic E-state index is 0.0963. The van der Waals surface area contributed by atoms with Crippen molar-refractivity contribution in [1.29, 1.82) is 0 Å². The lowest BCUT2D eigenvalue weighted by Crippen LogP contribution is -2.62. The number of benzene rings is 3. The SMILES string of the molecule is CCc1cccc2c1NC(=O)[C@]21N2CCC[C@H]2[C@@H](C(=O)c2ccc(Br)cc2)[C@]12C(=O)Nc1ccccc12. The topological polar surface area (TPSA) is 78.5 Å². The van der Waals surface area contributed by atoms with Crippen molar-refractivity contribution in [3.63, 3.8) is 0 Å². The van der Waals surface area contributed by atoms with Crippen LogP contribution >= 0.6 is 15.9 Å². The van der Waals surface area contributed by atoms with E-state index in [0.717, 1.165) is 46.1 Å². The number of hydrogen-bond donors (Lipinski definition) is 2. The molecule has 7 heteroatoms. The molecule has 2 N–H and O–H groups in total. The molecule has 4 heterocycles. The second-order valence-electron chi connectivity index (χ2n) is 10.4. The predicted octanol–water partition coefficient (Wildman–Crippen LogP) is 5.03. The van der Waals surface area contributed by atoms with Crippen LogP contribution < -0.4 is 10.6 Å². The number of anilines is 2. The van der Waals surface area contributed by atoms with E-state index in [1.165, 1.54) is 0 Å². The number of hydrogen-bond acceptors (Lipinski definition) is 4. The molecule has 0 bridgehead atoms. The maximum absolute atomic E-state index is 14.5. The molecule has 4 aliphatic rings. The van der Waals surface area contributed by atoms with Crippen molar-refractivity contribution in [1.82, 2.24) is 4.90 Å². The van der Waals surface area contributed by atoms with Crippen molar-refractivity contribution in [2.24, 2.45) is 5.92 Å². The summed E-state index contributed by atoms with van der Waals surface area (Å²) in [5, 5.41) is 6.28. The molecule has 3 aromatic rings. The Labute approximate surface area is 223 Å². The van der Waals surface area contributed by atoms with Crippen molar-refractivity contribution in [3.8, 4) is 0 Å². The molecular formula is C30H26BrN3O3. The standard InChI is InChI=1S/C30H26BrN3O3/c1-2-17-7-5-9-21-25(17)33-28(37)30(21)29(20-8-3-4-10-22(20)32-27(29)36)24(23-11-6-16-34(23)30)26(35)18-12-14-19(31)15-13-18/h3-5,7-10,12-15,23-24H,2,6,11,16H2,1H3,(H,32,36)(H,33,37)/t23-,24-,29+,30+/m0/s1.